The number of carbonyl (C=O) groups excluding carboxylic acids is 1. The Kier molecular flexibility index (Phi) is 4.32. The quantitative estimate of drug-likeness (QED) is 0.746. The maximum atomic E-state index is 13.0. The summed E-state index contributed by atoms with van der Waals surface area (Å²) in [6.07, 6.45) is 1.60. The number of fused-ring (bicyclic) bond motifs is 3. The van der Waals surface area contributed by atoms with Gasteiger partial charge >= 0.3 is 0 Å². The van der Waals surface area contributed by atoms with Gasteiger partial charge in [-0.3, -0.25) is 4.79 Å². The molecule has 0 aliphatic heterocycles. The molecule has 2 N–H and O–H groups in total. The number of nitrogens with zero attached hydrogens (tertiary/aromatic N) is 2. The second kappa shape index (κ2) is 6.79. The van der Waals surface area contributed by atoms with E-state index >= 15 is 0 Å². The lowest BCUT2D eigenvalue weighted by molar-refractivity contribution is -0.115. The van der Waals surface area contributed by atoms with Gasteiger partial charge in [0.25, 0.3) is 0 Å². The average molecular weight is 363 g/mol. The number of hydrogen-bond acceptors (Lipinski definition) is 4. The highest BCUT2D eigenvalue weighted by atomic mass is 19.1. The van der Waals surface area contributed by atoms with Crippen LogP contribution in [0.2, 0.25) is 0 Å². The van der Waals surface area contributed by atoms with Crippen molar-refractivity contribution in [3.05, 3.63) is 70.8 Å². The van der Waals surface area contributed by atoms with Crippen molar-refractivity contribution in [3.8, 4) is 17.0 Å². The number of halogens is 1. The molecule has 0 spiro atoms. The lowest BCUT2D eigenvalue weighted by Crippen LogP contribution is -2.19. The van der Waals surface area contributed by atoms with Gasteiger partial charge in [-0.2, -0.15) is 0 Å². The van der Waals surface area contributed by atoms with E-state index < -0.39 is 0 Å². The Morgan fingerprint density at radius 2 is 1.93 bits per heavy atom. The molecule has 1 aromatic heterocycles. The maximum Gasteiger partial charge on any atom is 0.229 e. The zero-order valence-electron chi connectivity index (χ0n) is 14.8. The number of amides is 1. The summed E-state index contributed by atoms with van der Waals surface area (Å²) >= 11 is 0. The minimum atomic E-state index is -0.329. The predicted octanol–water partition coefficient (Wildman–Crippen LogP) is 3.58. The van der Waals surface area contributed by atoms with Crippen LogP contribution < -0.4 is 5.32 Å². The fourth-order valence-electron chi connectivity index (χ4n) is 3.30. The largest absolute Gasteiger partial charge is 0.508 e. The monoisotopic (exact) mass is 363 g/mol. The Hall–Kier alpha value is -3.28. The number of aryl methyl sites for hydroxylation is 3. The summed E-state index contributed by atoms with van der Waals surface area (Å²) in [4.78, 5) is 21.6. The molecule has 2 aromatic carbocycles. The minimum Gasteiger partial charge on any atom is -0.508 e. The summed E-state index contributed by atoms with van der Waals surface area (Å²) in [5.74, 6) is 0.138. The van der Waals surface area contributed by atoms with Crippen molar-refractivity contribution in [2.24, 2.45) is 0 Å². The van der Waals surface area contributed by atoms with Crippen molar-refractivity contribution in [1.82, 2.24) is 9.97 Å². The van der Waals surface area contributed by atoms with Gasteiger partial charge in [0.2, 0.25) is 5.91 Å². The van der Waals surface area contributed by atoms with Crippen LogP contribution in [0.1, 0.15) is 22.5 Å². The van der Waals surface area contributed by atoms with Crippen LogP contribution in [-0.4, -0.2) is 21.0 Å². The Morgan fingerprint density at radius 3 is 2.70 bits per heavy atom. The van der Waals surface area contributed by atoms with Gasteiger partial charge in [-0.05, 0) is 61.2 Å². The van der Waals surface area contributed by atoms with Gasteiger partial charge < -0.3 is 10.4 Å². The van der Waals surface area contributed by atoms with Crippen LogP contribution in [0.4, 0.5) is 10.2 Å². The molecule has 6 heteroatoms. The topological polar surface area (TPSA) is 75.1 Å². The van der Waals surface area contributed by atoms with Gasteiger partial charge in [-0.1, -0.05) is 12.1 Å². The van der Waals surface area contributed by atoms with Crippen molar-refractivity contribution in [2.45, 2.75) is 26.2 Å². The maximum absolute atomic E-state index is 13.0. The first-order valence-corrected chi connectivity index (χ1v) is 8.73. The lowest BCUT2D eigenvalue weighted by atomic mass is 9.91. The van der Waals surface area contributed by atoms with Crippen LogP contribution in [0.15, 0.2) is 42.5 Å². The molecule has 1 amide bonds. The van der Waals surface area contributed by atoms with E-state index in [2.05, 4.69) is 15.3 Å². The molecular formula is C21H18FN3O2. The molecule has 0 saturated heterocycles. The van der Waals surface area contributed by atoms with Crippen LogP contribution in [0, 0.1) is 12.7 Å². The highest BCUT2D eigenvalue weighted by Crippen LogP contribution is 2.34. The summed E-state index contributed by atoms with van der Waals surface area (Å²) in [6.45, 7) is 1.80. The molecule has 0 fully saturated rings. The van der Waals surface area contributed by atoms with Crippen LogP contribution in [0.5, 0.6) is 5.75 Å². The molecule has 0 saturated carbocycles. The number of carbonyl (C=O) groups is 1. The highest BCUT2D eigenvalue weighted by Gasteiger charge is 2.21. The average Bonchev–Trinajstić information content (AvgIpc) is 2.64. The first-order chi connectivity index (χ1) is 13.0. The third-order valence-electron chi connectivity index (χ3n) is 4.65. The van der Waals surface area contributed by atoms with Crippen molar-refractivity contribution >= 4 is 11.7 Å². The van der Waals surface area contributed by atoms with Gasteiger partial charge in [0.1, 0.15) is 11.6 Å². The third kappa shape index (κ3) is 3.51. The Morgan fingerprint density at radius 1 is 1.15 bits per heavy atom. The van der Waals surface area contributed by atoms with Crippen molar-refractivity contribution in [3.63, 3.8) is 0 Å². The first-order valence-electron chi connectivity index (χ1n) is 8.73. The summed E-state index contributed by atoms with van der Waals surface area (Å²) in [7, 11) is 0. The highest BCUT2D eigenvalue weighted by molar-refractivity contribution is 5.92. The van der Waals surface area contributed by atoms with Gasteiger partial charge in [0.15, 0.2) is 5.82 Å². The molecule has 0 atom stereocenters. The van der Waals surface area contributed by atoms with Gasteiger partial charge in [0, 0.05) is 5.56 Å². The van der Waals surface area contributed by atoms with Crippen LogP contribution in [-0.2, 0) is 24.1 Å². The summed E-state index contributed by atoms with van der Waals surface area (Å²) in [6, 6.07) is 11.1. The van der Waals surface area contributed by atoms with E-state index in [0.717, 1.165) is 34.5 Å². The number of phenols is 1. The molecular weight excluding hydrogens is 345 g/mol. The van der Waals surface area contributed by atoms with E-state index in [1.807, 2.05) is 6.07 Å². The van der Waals surface area contributed by atoms with Crippen molar-refractivity contribution < 1.29 is 14.3 Å². The van der Waals surface area contributed by atoms with Gasteiger partial charge in [0.05, 0.1) is 23.5 Å². The Bertz CT molecular complexity index is 1030. The Labute approximate surface area is 155 Å². The number of phenolic OH excluding ortho intramolecular Hbond substituents is 1. The van der Waals surface area contributed by atoms with E-state index in [9.17, 15) is 14.3 Å². The molecule has 1 heterocycles. The fraction of sp³-hybridized carbons (Fsp3) is 0.190. The molecule has 5 nitrogen and oxygen atoms in total. The number of hydrogen-bond donors (Lipinski definition) is 2. The molecule has 0 radical (unpaired) electrons. The third-order valence-corrected chi connectivity index (χ3v) is 4.65. The summed E-state index contributed by atoms with van der Waals surface area (Å²) in [5, 5.41) is 12.5. The summed E-state index contributed by atoms with van der Waals surface area (Å²) < 4.78 is 13.0. The van der Waals surface area contributed by atoms with E-state index in [0.29, 0.717) is 17.9 Å². The second-order valence-electron chi connectivity index (χ2n) is 6.65. The molecule has 27 heavy (non-hydrogen) atoms. The van der Waals surface area contributed by atoms with Crippen molar-refractivity contribution in [1.29, 1.82) is 0 Å². The number of benzene rings is 2. The van der Waals surface area contributed by atoms with E-state index in [1.165, 1.54) is 12.1 Å². The van der Waals surface area contributed by atoms with Crippen LogP contribution >= 0.6 is 0 Å². The minimum absolute atomic E-state index is 0.139. The molecule has 1 aliphatic carbocycles. The van der Waals surface area contributed by atoms with Gasteiger partial charge in [-0.25, -0.2) is 14.4 Å². The van der Waals surface area contributed by atoms with E-state index in [-0.39, 0.29) is 23.9 Å². The molecule has 1 aliphatic rings. The van der Waals surface area contributed by atoms with Gasteiger partial charge in [-0.15, -0.1) is 0 Å². The summed E-state index contributed by atoms with van der Waals surface area (Å²) in [5.41, 5.74) is 4.99. The number of aromatic hydroxyl groups is 1. The fourth-order valence-corrected chi connectivity index (χ4v) is 3.30. The molecule has 136 valence electrons. The molecule has 3 aromatic rings. The first kappa shape index (κ1) is 17.1. The molecule has 0 unspecified atom stereocenters. The standard InChI is InChI=1S/C21H18FN3O2/c1-12-21(25-19(27)10-13-2-5-15(22)6-3-13)24-18-9-4-14-11-16(26)7-8-17(14)20(18)23-12/h2-3,5-8,11,26H,4,9-10H2,1H3,(H,24,25,27). The lowest BCUT2D eigenvalue weighted by Gasteiger charge is -2.20. The Balaban J connectivity index is 1.57. The van der Waals surface area contributed by atoms with Crippen LogP contribution in [0.25, 0.3) is 11.3 Å². The number of aromatic nitrogens is 2. The van der Waals surface area contributed by atoms with E-state index in [1.54, 1.807) is 31.2 Å². The number of anilines is 1. The normalized spacial score (nSPS) is 12.2. The number of rotatable bonds is 3. The zero-order valence-corrected chi connectivity index (χ0v) is 14.8. The molecule has 0 bridgehead atoms. The SMILES string of the molecule is Cc1nc2c(nc1NC(=O)Cc1ccc(F)cc1)CCc1cc(O)ccc1-2. The predicted molar refractivity (Wildman–Crippen MR) is 100 cm³/mol. The zero-order chi connectivity index (χ0) is 19.0. The smallest absolute Gasteiger partial charge is 0.229 e. The van der Waals surface area contributed by atoms with Crippen LogP contribution in [0.3, 0.4) is 0 Å². The second-order valence-corrected chi connectivity index (χ2v) is 6.65. The van der Waals surface area contributed by atoms with Crippen molar-refractivity contribution in [2.75, 3.05) is 5.32 Å². The van der Waals surface area contributed by atoms with E-state index in [4.69, 9.17) is 0 Å². The molecule has 4 rings (SSSR count). The number of nitrogens with one attached hydrogen (secondary N) is 1.